The molecule has 0 unspecified atom stereocenters. The first-order chi connectivity index (χ1) is 10.8. The minimum Gasteiger partial charge on any atom is -0.744 e. The second-order valence-corrected chi connectivity index (χ2v) is 6.69. The van der Waals surface area contributed by atoms with Crippen LogP contribution in [0, 0.1) is 6.92 Å². The molecule has 0 bridgehead atoms. The number of hydrogen-bond acceptors (Lipinski definition) is 4. The van der Waals surface area contributed by atoms with Crippen LogP contribution in [0.4, 0.5) is 0 Å². The molecule has 0 aliphatic heterocycles. The smallest absolute Gasteiger partial charge is 0.130 e. The van der Waals surface area contributed by atoms with Gasteiger partial charge in [-0.3, -0.25) is 0 Å². The van der Waals surface area contributed by atoms with Gasteiger partial charge >= 0.3 is 0 Å². The van der Waals surface area contributed by atoms with E-state index < -0.39 is 10.1 Å². The maximum atomic E-state index is 10.4. The van der Waals surface area contributed by atoms with Gasteiger partial charge in [-0.1, -0.05) is 48.0 Å². The Kier molecular flexibility index (Phi) is 7.38. The molecule has 0 saturated heterocycles. The molecule has 0 heterocycles. The fraction of sp³-hybridized carbons (Fsp3) is 0.294. The summed E-state index contributed by atoms with van der Waals surface area (Å²) in [5.74, 6) is 0. The quantitative estimate of drug-likeness (QED) is 0.820. The molecule has 2 aromatic carbocycles. The third kappa shape index (κ3) is 6.50. The van der Waals surface area contributed by atoms with Crippen LogP contribution in [-0.2, 0) is 10.1 Å². The van der Waals surface area contributed by atoms with E-state index in [4.69, 9.17) is 0 Å². The fourth-order valence-corrected chi connectivity index (χ4v) is 2.31. The van der Waals surface area contributed by atoms with E-state index >= 15 is 0 Å². The molecule has 5 nitrogen and oxygen atoms in total. The van der Waals surface area contributed by atoms with Crippen molar-refractivity contribution in [2.45, 2.75) is 30.9 Å². The largest absolute Gasteiger partial charge is 0.744 e. The lowest BCUT2D eigenvalue weighted by Crippen LogP contribution is -2.86. The van der Waals surface area contributed by atoms with Crippen molar-refractivity contribution in [1.82, 2.24) is 0 Å². The first-order valence-electron chi connectivity index (χ1n) is 7.30. The highest BCUT2D eigenvalue weighted by molar-refractivity contribution is 7.85. The maximum Gasteiger partial charge on any atom is 0.130 e. The third-order valence-corrected chi connectivity index (χ3v) is 4.32. The van der Waals surface area contributed by atoms with Crippen LogP contribution in [0.5, 0.6) is 0 Å². The second kappa shape index (κ2) is 8.79. The molecule has 3 N–H and O–H groups in total. The van der Waals surface area contributed by atoms with Gasteiger partial charge < -0.3 is 15.0 Å². The summed E-state index contributed by atoms with van der Waals surface area (Å²) in [7, 11) is -2.30. The first-order valence-corrected chi connectivity index (χ1v) is 8.71. The van der Waals surface area contributed by atoms with Gasteiger partial charge in [0.1, 0.15) is 22.3 Å². The SMILES string of the molecule is C[NH2+][C@@H](C)[C@H](O)c1ccccc1.Cc1ccc(S(=O)(=O)[O-])cc1. The van der Waals surface area contributed by atoms with Gasteiger partial charge in [0.25, 0.3) is 0 Å². The van der Waals surface area contributed by atoms with Gasteiger partial charge in [-0.05, 0) is 31.5 Å². The summed E-state index contributed by atoms with van der Waals surface area (Å²) in [5, 5.41) is 11.8. The summed E-state index contributed by atoms with van der Waals surface area (Å²) >= 11 is 0. The molecule has 0 aliphatic rings. The Morgan fingerprint density at radius 1 is 1.04 bits per heavy atom. The molecule has 0 radical (unpaired) electrons. The van der Waals surface area contributed by atoms with Crippen molar-refractivity contribution in [1.29, 1.82) is 0 Å². The van der Waals surface area contributed by atoms with E-state index in [0.717, 1.165) is 11.1 Å². The van der Waals surface area contributed by atoms with E-state index in [1.54, 1.807) is 12.1 Å². The average molecular weight is 337 g/mol. The minimum absolute atomic E-state index is 0.178. The zero-order valence-corrected chi connectivity index (χ0v) is 14.3. The molecular weight excluding hydrogens is 314 g/mol. The van der Waals surface area contributed by atoms with Crippen molar-refractivity contribution in [3.63, 3.8) is 0 Å². The molecule has 6 heteroatoms. The maximum absolute atomic E-state index is 10.4. The van der Waals surface area contributed by atoms with Crippen molar-refractivity contribution in [3.05, 3.63) is 65.7 Å². The van der Waals surface area contributed by atoms with Crippen LogP contribution in [0.15, 0.2) is 59.5 Å². The lowest BCUT2D eigenvalue weighted by atomic mass is 10.0. The Hall–Kier alpha value is -1.73. The molecule has 0 saturated carbocycles. The summed E-state index contributed by atoms with van der Waals surface area (Å²) < 4.78 is 31.2. The van der Waals surface area contributed by atoms with E-state index in [2.05, 4.69) is 0 Å². The van der Waals surface area contributed by atoms with E-state index in [1.807, 2.05) is 56.5 Å². The Balaban J connectivity index is 0.000000231. The highest BCUT2D eigenvalue weighted by Gasteiger charge is 2.16. The van der Waals surface area contributed by atoms with Crippen molar-refractivity contribution in [3.8, 4) is 0 Å². The van der Waals surface area contributed by atoms with Gasteiger partial charge in [0.15, 0.2) is 0 Å². The summed E-state index contributed by atoms with van der Waals surface area (Å²) in [4.78, 5) is -0.178. The standard InChI is InChI=1S/C10H15NO.C7H8O3S/c1-8(11-2)10(12)9-6-4-3-5-7-9;1-6-2-4-7(5-3-6)11(8,9)10/h3-8,10-12H,1-2H3;2-5H,1H3,(H,8,9,10)/t8-,10-;/m0./s1. The molecule has 0 amide bonds. The molecule has 0 spiro atoms. The van der Waals surface area contributed by atoms with Gasteiger partial charge in [-0.2, -0.15) is 0 Å². The molecule has 0 fully saturated rings. The number of aryl methyl sites for hydroxylation is 1. The van der Waals surface area contributed by atoms with E-state index in [0.29, 0.717) is 0 Å². The predicted molar refractivity (Wildman–Crippen MR) is 87.9 cm³/mol. The Labute approximate surface area is 137 Å². The molecule has 23 heavy (non-hydrogen) atoms. The first kappa shape index (κ1) is 19.3. The van der Waals surface area contributed by atoms with Crippen LogP contribution < -0.4 is 5.32 Å². The van der Waals surface area contributed by atoms with E-state index in [9.17, 15) is 18.1 Å². The Morgan fingerprint density at radius 3 is 2.00 bits per heavy atom. The van der Waals surface area contributed by atoms with Crippen LogP contribution in [0.25, 0.3) is 0 Å². The number of quaternary nitrogens is 1. The van der Waals surface area contributed by atoms with Crippen molar-refractivity contribution < 1.29 is 23.4 Å². The molecule has 2 atom stereocenters. The number of nitrogens with two attached hydrogens (primary N) is 1. The van der Waals surface area contributed by atoms with Crippen molar-refractivity contribution in [2.75, 3.05) is 7.05 Å². The molecule has 2 rings (SSSR count). The van der Waals surface area contributed by atoms with Crippen LogP contribution in [0.3, 0.4) is 0 Å². The van der Waals surface area contributed by atoms with Crippen LogP contribution >= 0.6 is 0 Å². The number of aliphatic hydroxyl groups is 1. The number of hydrogen-bond donors (Lipinski definition) is 2. The zero-order chi connectivity index (χ0) is 17.5. The predicted octanol–water partition coefficient (Wildman–Crippen LogP) is 1.20. The van der Waals surface area contributed by atoms with Gasteiger partial charge in [0.05, 0.1) is 11.9 Å². The lowest BCUT2D eigenvalue weighted by Gasteiger charge is -2.15. The van der Waals surface area contributed by atoms with Crippen molar-refractivity contribution in [2.24, 2.45) is 0 Å². The lowest BCUT2D eigenvalue weighted by molar-refractivity contribution is -0.669. The van der Waals surface area contributed by atoms with Crippen LogP contribution in [0.1, 0.15) is 24.2 Å². The molecular formula is C17H23NO4S. The van der Waals surface area contributed by atoms with Crippen LogP contribution in [0.2, 0.25) is 0 Å². The third-order valence-electron chi connectivity index (χ3n) is 3.47. The number of aliphatic hydroxyl groups excluding tert-OH is 1. The summed E-state index contributed by atoms with van der Waals surface area (Å²) in [6.45, 7) is 3.83. The normalized spacial score (nSPS) is 13.6. The number of rotatable bonds is 4. The Bertz CT molecular complexity index is 684. The van der Waals surface area contributed by atoms with Crippen LogP contribution in [-0.4, -0.2) is 31.2 Å². The van der Waals surface area contributed by atoms with Gasteiger partial charge in [-0.15, -0.1) is 0 Å². The van der Waals surface area contributed by atoms with Crippen molar-refractivity contribution >= 4 is 10.1 Å². The van der Waals surface area contributed by atoms with Gasteiger partial charge in [0.2, 0.25) is 0 Å². The molecule has 2 aromatic rings. The second-order valence-electron chi connectivity index (χ2n) is 5.32. The fourth-order valence-electron chi connectivity index (χ4n) is 1.84. The van der Waals surface area contributed by atoms with E-state index in [1.165, 1.54) is 12.1 Å². The molecule has 126 valence electrons. The minimum atomic E-state index is -4.27. The summed E-state index contributed by atoms with van der Waals surface area (Å²) in [6, 6.07) is 15.7. The zero-order valence-electron chi connectivity index (χ0n) is 13.5. The number of benzene rings is 2. The molecule has 0 aromatic heterocycles. The summed E-state index contributed by atoms with van der Waals surface area (Å²) in [6.07, 6.45) is -0.365. The highest BCUT2D eigenvalue weighted by atomic mass is 32.2. The number of likely N-dealkylation sites (N-methyl/N-ethyl adjacent to an activating group) is 1. The summed E-state index contributed by atoms with van der Waals surface area (Å²) in [5.41, 5.74) is 1.92. The average Bonchev–Trinajstić information content (AvgIpc) is 2.54. The van der Waals surface area contributed by atoms with E-state index in [-0.39, 0.29) is 17.0 Å². The Morgan fingerprint density at radius 2 is 1.57 bits per heavy atom. The molecule has 0 aliphatic carbocycles. The van der Waals surface area contributed by atoms with Gasteiger partial charge in [-0.25, -0.2) is 8.42 Å². The monoisotopic (exact) mass is 337 g/mol. The highest BCUT2D eigenvalue weighted by Crippen LogP contribution is 2.13. The topological polar surface area (TPSA) is 94.0 Å². The van der Waals surface area contributed by atoms with Gasteiger partial charge in [0, 0.05) is 0 Å².